The van der Waals surface area contributed by atoms with E-state index in [1.807, 2.05) is 6.92 Å². The first-order valence-electron chi connectivity index (χ1n) is 10.6. The van der Waals surface area contributed by atoms with Gasteiger partial charge in [0.25, 0.3) is 17.4 Å². The fraction of sp³-hybridized carbons (Fsp3) is 0.348. The van der Waals surface area contributed by atoms with Crippen LogP contribution in [0.5, 0.6) is 5.75 Å². The summed E-state index contributed by atoms with van der Waals surface area (Å²) < 4.78 is 43.2. The maximum atomic E-state index is 14.6. The van der Waals surface area contributed by atoms with Crippen LogP contribution < -0.4 is 16.2 Å². The van der Waals surface area contributed by atoms with Crippen molar-refractivity contribution in [3.8, 4) is 5.75 Å². The monoisotopic (exact) mass is 460 g/mol. The molecule has 0 bridgehead atoms. The van der Waals surface area contributed by atoms with E-state index in [9.17, 15) is 27.9 Å². The van der Waals surface area contributed by atoms with Crippen LogP contribution in [0.15, 0.2) is 35.3 Å². The van der Waals surface area contributed by atoms with Crippen molar-refractivity contribution in [1.29, 1.82) is 0 Å². The second kappa shape index (κ2) is 8.76. The van der Waals surface area contributed by atoms with Gasteiger partial charge in [0.1, 0.15) is 16.9 Å². The Balaban J connectivity index is 1.90. The van der Waals surface area contributed by atoms with Crippen molar-refractivity contribution in [3.05, 3.63) is 63.3 Å². The minimum Gasteiger partial charge on any atom is -0.505 e. The van der Waals surface area contributed by atoms with Crippen LogP contribution in [0.2, 0.25) is 0 Å². The molecule has 7 nitrogen and oxygen atoms in total. The molecule has 0 radical (unpaired) electrons. The van der Waals surface area contributed by atoms with Crippen molar-refractivity contribution < 1.29 is 23.1 Å². The van der Waals surface area contributed by atoms with E-state index < -0.39 is 47.6 Å². The summed E-state index contributed by atoms with van der Waals surface area (Å²) in [6, 6.07) is 5.69. The average Bonchev–Trinajstić information content (AvgIpc) is 2.91. The van der Waals surface area contributed by atoms with E-state index in [1.165, 1.54) is 18.3 Å². The van der Waals surface area contributed by atoms with Crippen LogP contribution in [0.4, 0.5) is 18.9 Å². The lowest BCUT2D eigenvalue weighted by molar-refractivity contribution is -0.000936. The summed E-state index contributed by atoms with van der Waals surface area (Å²) in [4.78, 5) is 30.0. The molecule has 0 spiro atoms. The van der Waals surface area contributed by atoms with Gasteiger partial charge in [0, 0.05) is 24.7 Å². The Kier molecular flexibility index (Phi) is 6.01. The maximum absolute atomic E-state index is 14.6. The number of hydrogen-bond donors (Lipinski definition) is 3. The molecule has 0 saturated carbocycles. The molecular formula is C23H23F3N4O3. The Hall–Kier alpha value is -3.56. The zero-order chi connectivity index (χ0) is 23.8. The number of amides is 1. The largest absolute Gasteiger partial charge is 0.505 e. The highest BCUT2D eigenvalue weighted by atomic mass is 19.3. The number of carbonyl (C=O) groups is 1. The molecule has 3 aromatic rings. The van der Waals surface area contributed by atoms with Gasteiger partial charge in [-0.15, -0.1) is 0 Å². The molecule has 4 rings (SSSR count). The topological polar surface area (TPSA) is 96.2 Å². The van der Waals surface area contributed by atoms with E-state index in [0.29, 0.717) is 17.5 Å². The molecule has 2 aromatic heterocycles. The number of halogens is 3. The smallest absolute Gasteiger partial charge is 0.282 e. The van der Waals surface area contributed by atoms with Gasteiger partial charge in [0.05, 0.1) is 24.3 Å². The van der Waals surface area contributed by atoms with E-state index in [0.717, 1.165) is 11.0 Å². The predicted molar refractivity (Wildman–Crippen MR) is 118 cm³/mol. The lowest BCUT2D eigenvalue weighted by Gasteiger charge is -2.17. The van der Waals surface area contributed by atoms with Crippen LogP contribution in [-0.2, 0) is 13.0 Å². The highest BCUT2D eigenvalue weighted by Gasteiger charge is 2.36. The van der Waals surface area contributed by atoms with E-state index in [-0.39, 0.29) is 29.7 Å². The Morgan fingerprint density at radius 2 is 2.03 bits per heavy atom. The van der Waals surface area contributed by atoms with E-state index in [2.05, 4.69) is 15.6 Å². The Labute approximate surface area is 187 Å². The first-order chi connectivity index (χ1) is 15.7. The Morgan fingerprint density at radius 1 is 1.30 bits per heavy atom. The van der Waals surface area contributed by atoms with Gasteiger partial charge in [-0.1, -0.05) is 25.5 Å². The molecule has 0 aliphatic carbocycles. The van der Waals surface area contributed by atoms with Gasteiger partial charge >= 0.3 is 0 Å². The molecule has 1 amide bonds. The second-order valence-corrected chi connectivity index (χ2v) is 8.09. The molecule has 0 atom stereocenters. The summed E-state index contributed by atoms with van der Waals surface area (Å²) in [5, 5.41) is 16.0. The van der Waals surface area contributed by atoms with Crippen molar-refractivity contribution in [2.45, 2.75) is 38.7 Å². The SMILES string of the molecule is CCCCNC(=O)c1c(O)c2ncc(Cc3ccc(F)cc3)c3c2n(c1=O)CC(F)(F)CN3. The Morgan fingerprint density at radius 3 is 2.73 bits per heavy atom. The lowest BCUT2D eigenvalue weighted by atomic mass is 10.0. The number of nitrogens with one attached hydrogen (secondary N) is 2. The van der Waals surface area contributed by atoms with Gasteiger partial charge in [-0.3, -0.25) is 19.1 Å². The number of aromatic nitrogens is 2. The summed E-state index contributed by atoms with van der Waals surface area (Å²) >= 11 is 0. The minimum atomic E-state index is -3.30. The molecule has 3 heterocycles. The summed E-state index contributed by atoms with van der Waals surface area (Å²) in [5.41, 5.74) is -0.346. The number of unbranched alkanes of at least 4 members (excludes halogenated alkanes) is 1. The van der Waals surface area contributed by atoms with Crippen LogP contribution in [0.3, 0.4) is 0 Å². The van der Waals surface area contributed by atoms with Crippen molar-refractivity contribution in [2.24, 2.45) is 0 Å². The van der Waals surface area contributed by atoms with Crippen LogP contribution in [0, 0.1) is 5.82 Å². The number of carbonyl (C=O) groups excluding carboxylic acids is 1. The van der Waals surface area contributed by atoms with Gasteiger partial charge in [0.2, 0.25) is 0 Å². The summed E-state index contributed by atoms with van der Waals surface area (Å²) in [5.74, 6) is -5.19. The van der Waals surface area contributed by atoms with E-state index in [4.69, 9.17) is 0 Å². The zero-order valence-electron chi connectivity index (χ0n) is 17.9. The third-order valence-electron chi connectivity index (χ3n) is 5.59. The van der Waals surface area contributed by atoms with Crippen LogP contribution in [-0.4, -0.2) is 39.6 Å². The van der Waals surface area contributed by atoms with Crippen molar-refractivity contribution in [2.75, 3.05) is 18.4 Å². The van der Waals surface area contributed by atoms with Crippen molar-refractivity contribution >= 4 is 22.6 Å². The van der Waals surface area contributed by atoms with E-state index >= 15 is 0 Å². The molecule has 1 aliphatic rings. The quantitative estimate of drug-likeness (QED) is 0.490. The van der Waals surface area contributed by atoms with Gasteiger partial charge in [-0.2, -0.15) is 0 Å². The van der Waals surface area contributed by atoms with Gasteiger partial charge < -0.3 is 15.7 Å². The number of rotatable bonds is 6. The summed E-state index contributed by atoms with van der Waals surface area (Å²) in [7, 11) is 0. The molecule has 33 heavy (non-hydrogen) atoms. The first-order valence-corrected chi connectivity index (χ1v) is 10.6. The third-order valence-corrected chi connectivity index (χ3v) is 5.59. The highest BCUT2D eigenvalue weighted by molar-refractivity contribution is 6.04. The summed E-state index contributed by atoms with van der Waals surface area (Å²) in [6.45, 7) is 0.480. The minimum absolute atomic E-state index is 0.000560. The molecule has 0 saturated heterocycles. The molecule has 1 aliphatic heterocycles. The van der Waals surface area contributed by atoms with E-state index in [1.54, 1.807) is 12.1 Å². The molecular weight excluding hydrogens is 437 g/mol. The normalized spacial score (nSPS) is 14.5. The number of nitrogens with zero attached hydrogens (tertiary/aromatic N) is 2. The van der Waals surface area contributed by atoms with Crippen LogP contribution in [0.25, 0.3) is 11.0 Å². The average molecular weight is 460 g/mol. The van der Waals surface area contributed by atoms with Crippen molar-refractivity contribution in [3.63, 3.8) is 0 Å². The first kappa shape index (κ1) is 22.6. The second-order valence-electron chi connectivity index (χ2n) is 8.09. The zero-order valence-corrected chi connectivity index (χ0v) is 17.9. The highest BCUT2D eigenvalue weighted by Crippen LogP contribution is 2.36. The number of hydrogen-bond acceptors (Lipinski definition) is 5. The lowest BCUT2D eigenvalue weighted by Crippen LogP contribution is -2.38. The van der Waals surface area contributed by atoms with Gasteiger partial charge in [-0.25, -0.2) is 13.2 Å². The molecule has 174 valence electrons. The number of aromatic hydroxyl groups is 1. The fourth-order valence-electron chi connectivity index (χ4n) is 3.91. The van der Waals surface area contributed by atoms with Crippen molar-refractivity contribution in [1.82, 2.24) is 14.9 Å². The van der Waals surface area contributed by atoms with Crippen LogP contribution >= 0.6 is 0 Å². The fourth-order valence-corrected chi connectivity index (χ4v) is 3.91. The number of benzene rings is 1. The number of anilines is 1. The summed E-state index contributed by atoms with van der Waals surface area (Å²) in [6.07, 6.45) is 3.08. The standard InChI is InChI=1S/C23H23F3N4O3/c1-2-3-8-27-21(32)16-20(31)18-19-17(29-11-23(25,26)12-30(19)22(16)33)14(10-28-18)9-13-4-6-15(24)7-5-13/h4-7,10,29,31H,2-3,8-9,11-12H2,1H3,(H,27,32). The third kappa shape index (κ3) is 4.37. The Bertz CT molecular complexity index is 1270. The van der Waals surface area contributed by atoms with Gasteiger partial charge in [-0.05, 0) is 24.1 Å². The molecule has 0 fully saturated rings. The molecule has 3 N–H and O–H groups in total. The molecule has 1 aromatic carbocycles. The molecule has 0 unspecified atom stereocenters. The maximum Gasteiger partial charge on any atom is 0.282 e. The van der Waals surface area contributed by atoms with Gasteiger partial charge in [0.15, 0.2) is 5.75 Å². The molecule has 10 heteroatoms. The predicted octanol–water partition coefficient (Wildman–Crippen LogP) is 3.42. The number of pyridine rings is 2. The van der Waals surface area contributed by atoms with Crippen LogP contribution in [0.1, 0.15) is 41.3 Å². The number of alkyl halides is 2.